The summed E-state index contributed by atoms with van der Waals surface area (Å²) in [5.41, 5.74) is 6.07. The van der Waals surface area contributed by atoms with Gasteiger partial charge in [0.15, 0.2) is 0 Å². The lowest BCUT2D eigenvalue weighted by atomic mass is 9.78. The predicted molar refractivity (Wildman–Crippen MR) is 101 cm³/mol. The molecule has 0 saturated carbocycles. The Bertz CT molecular complexity index is 568. The molecule has 6 nitrogen and oxygen atoms in total. The molecule has 0 radical (unpaired) electrons. The van der Waals surface area contributed by atoms with E-state index in [1.165, 1.54) is 0 Å². The molecule has 0 aliphatic heterocycles. The molecule has 0 bridgehead atoms. The van der Waals surface area contributed by atoms with Gasteiger partial charge in [0.05, 0.1) is 16.8 Å². The maximum atomic E-state index is 10.7. The fourth-order valence-corrected chi connectivity index (χ4v) is 3.05. The Kier molecular flexibility index (Phi) is 6.57. The van der Waals surface area contributed by atoms with Gasteiger partial charge in [0.2, 0.25) is 0 Å². The van der Waals surface area contributed by atoms with E-state index in [1.54, 1.807) is 0 Å². The van der Waals surface area contributed by atoms with Crippen molar-refractivity contribution < 1.29 is 9.53 Å². The van der Waals surface area contributed by atoms with Crippen LogP contribution in [0.3, 0.4) is 0 Å². The van der Waals surface area contributed by atoms with Gasteiger partial charge in [-0.05, 0) is 54.4 Å². The summed E-state index contributed by atoms with van der Waals surface area (Å²) in [4.78, 5) is 10.7. The van der Waals surface area contributed by atoms with Gasteiger partial charge < -0.3 is 15.3 Å². The van der Waals surface area contributed by atoms with Crippen LogP contribution in [0.4, 0.5) is 0 Å². The Balaban J connectivity index is 2.77. The first-order valence-electron chi connectivity index (χ1n) is 8.98. The van der Waals surface area contributed by atoms with Crippen molar-refractivity contribution in [2.75, 3.05) is 6.61 Å². The van der Waals surface area contributed by atoms with Crippen molar-refractivity contribution in [1.82, 2.24) is 15.0 Å². The number of aldehydes is 1. The minimum absolute atomic E-state index is 0.144. The Labute approximate surface area is 152 Å². The van der Waals surface area contributed by atoms with Crippen molar-refractivity contribution >= 4 is 6.29 Å². The monoisotopic (exact) mass is 352 g/mol. The third-order valence-corrected chi connectivity index (χ3v) is 4.49. The molecular formula is C19H36N4O2. The molecule has 6 heteroatoms. The van der Waals surface area contributed by atoms with Crippen LogP contribution in [0.1, 0.15) is 80.3 Å². The molecule has 1 aromatic rings. The molecular weight excluding hydrogens is 316 g/mol. The van der Waals surface area contributed by atoms with Gasteiger partial charge >= 0.3 is 0 Å². The quantitative estimate of drug-likeness (QED) is 0.654. The number of ether oxygens (including phenoxy) is 1. The van der Waals surface area contributed by atoms with Crippen LogP contribution in [0.2, 0.25) is 0 Å². The van der Waals surface area contributed by atoms with Gasteiger partial charge in [0.1, 0.15) is 6.29 Å². The lowest BCUT2D eigenvalue weighted by Gasteiger charge is -2.31. The molecule has 0 spiro atoms. The molecule has 2 N–H and O–H groups in total. The van der Waals surface area contributed by atoms with E-state index in [4.69, 9.17) is 10.5 Å². The van der Waals surface area contributed by atoms with Crippen molar-refractivity contribution in [2.24, 2.45) is 5.73 Å². The Morgan fingerprint density at radius 3 is 2.28 bits per heavy atom. The minimum atomic E-state index is -0.430. The summed E-state index contributed by atoms with van der Waals surface area (Å²) in [6.07, 6.45) is 4.91. The van der Waals surface area contributed by atoms with Crippen LogP contribution in [-0.2, 0) is 20.5 Å². The first-order chi connectivity index (χ1) is 11.2. The summed E-state index contributed by atoms with van der Waals surface area (Å²) in [5, 5.41) is 8.74. The molecule has 1 rings (SSSR count). The first-order valence-corrected chi connectivity index (χ1v) is 8.98. The fraction of sp³-hybridized carbons (Fsp3) is 0.842. The van der Waals surface area contributed by atoms with Crippen LogP contribution in [0.5, 0.6) is 0 Å². The molecule has 0 fully saturated rings. The molecule has 0 aliphatic carbocycles. The standard InChI is InChI=1S/C19H36N4O2/c1-16(2,14-17(3,4)20)15-13-23(22-21-15)18(5,6)10-12-25-19(7,8)9-11-24/h11,13H,9-10,12,14,20H2,1-8H3. The maximum Gasteiger partial charge on any atom is 0.122 e. The Hall–Kier alpha value is -1.27. The Morgan fingerprint density at radius 2 is 1.76 bits per heavy atom. The highest BCUT2D eigenvalue weighted by molar-refractivity contribution is 5.51. The maximum absolute atomic E-state index is 10.7. The van der Waals surface area contributed by atoms with Gasteiger partial charge in [-0.3, -0.25) is 0 Å². The van der Waals surface area contributed by atoms with Gasteiger partial charge in [-0.15, -0.1) is 5.10 Å². The van der Waals surface area contributed by atoms with E-state index in [0.717, 1.165) is 24.8 Å². The van der Waals surface area contributed by atoms with E-state index in [-0.39, 0.29) is 16.5 Å². The summed E-state index contributed by atoms with van der Waals surface area (Å²) < 4.78 is 7.76. The van der Waals surface area contributed by atoms with Crippen molar-refractivity contribution in [2.45, 2.75) is 96.7 Å². The number of rotatable bonds is 10. The molecule has 0 amide bonds. The number of hydrogen-bond acceptors (Lipinski definition) is 5. The second-order valence-electron chi connectivity index (χ2n) is 9.64. The smallest absolute Gasteiger partial charge is 0.122 e. The average Bonchev–Trinajstić information content (AvgIpc) is 2.85. The number of nitrogens with zero attached hydrogens (tertiary/aromatic N) is 3. The van der Waals surface area contributed by atoms with E-state index >= 15 is 0 Å². The molecule has 25 heavy (non-hydrogen) atoms. The van der Waals surface area contributed by atoms with Crippen LogP contribution in [0.25, 0.3) is 0 Å². The Morgan fingerprint density at radius 1 is 1.16 bits per heavy atom. The molecule has 0 saturated heterocycles. The molecule has 1 aromatic heterocycles. The van der Waals surface area contributed by atoms with Crippen molar-refractivity contribution in [3.8, 4) is 0 Å². The lowest BCUT2D eigenvalue weighted by molar-refractivity contribution is -0.114. The summed E-state index contributed by atoms with van der Waals surface area (Å²) in [5.74, 6) is 0. The van der Waals surface area contributed by atoms with Crippen molar-refractivity contribution in [1.29, 1.82) is 0 Å². The fourth-order valence-electron chi connectivity index (χ4n) is 3.05. The van der Waals surface area contributed by atoms with Crippen molar-refractivity contribution in [3.63, 3.8) is 0 Å². The lowest BCUT2D eigenvalue weighted by Crippen LogP contribution is -2.39. The van der Waals surface area contributed by atoms with Gasteiger partial charge in [0, 0.05) is 30.2 Å². The highest BCUT2D eigenvalue weighted by Gasteiger charge is 2.32. The number of hydrogen-bond donors (Lipinski definition) is 1. The zero-order valence-electron chi connectivity index (χ0n) is 17.2. The van der Waals surface area contributed by atoms with Crippen LogP contribution in [-0.4, -0.2) is 39.0 Å². The van der Waals surface area contributed by atoms with Gasteiger partial charge in [-0.25, -0.2) is 4.68 Å². The molecule has 1 heterocycles. The summed E-state index contributed by atoms with van der Waals surface area (Å²) in [6.45, 7) is 17.0. The third-order valence-electron chi connectivity index (χ3n) is 4.49. The highest BCUT2D eigenvalue weighted by atomic mass is 16.5. The summed E-state index contributed by atoms with van der Waals surface area (Å²) >= 11 is 0. The zero-order chi connectivity index (χ0) is 19.5. The zero-order valence-corrected chi connectivity index (χ0v) is 17.2. The van der Waals surface area contributed by atoms with Crippen LogP contribution in [0.15, 0.2) is 6.20 Å². The highest BCUT2D eigenvalue weighted by Crippen LogP contribution is 2.31. The van der Waals surface area contributed by atoms with E-state index in [0.29, 0.717) is 13.0 Å². The van der Waals surface area contributed by atoms with Crippen LogP contribution >= 0.6 is 0 Å². The predicted octanol–water partition coefficient (Wildman–Crippen LogP) is 3.19. The molecule has 0 atom stereocenters. The van der Waals surface area contributed by atoms with E-state index in [9.17, 15) is 4.79 Å². The van der Waals surface area contributed by atoms with Crippen molar-refractivity contribution in [3.05, 3.63) is 11.9 Å². The molecule has 0 aromatic carbocycles. The van der Waals surface area contributed by atoms with Crippen LogP contribution in [0, 0.1) is 0 Å². The van der Waals surface area contributed by atoms with Gasteiger partial charge in [-0.2, -0.15) is 0 Å². The molecule has 144 valence electrons. The minimum Gasteiger partial charge on any atom is -0.375 e. The average molecular weight is 353 g/mol. The number of nitrogens with two attached hydrogens (primary N) is 1. The topological polar surface area (TPSA) is 83.0 Å². The summed E-state index contributed by atoms with van der Waals surface area (Å²) in [7, 11) is 0. The second-order valence-corrected chi connectivity index (χ2v) is 9.64. The van der Waals surface area contributed by atoms with E-state index in [2.05, 4.69) is 38.0 Å². The SMILES string of the molecule is CC(C)(N)CC(C)(C)c1cn(C(C)(C)CCOC(C)(C)CC=O)nn1. The second kappa shape index (κ2) is 7.54. The normalized spacial score (nSPS) is 14.0. The largest absolute Gasteiger partial charge is 0.375 e. The number of carbonyl (C=O) groups is 1. The van der Waals surface area contributed by atoms with E-state index < -0.39 is 5.60 Å². The number of aromatic nitrogens is 3. The van der Waals surface area contributed by atoms with E-state index in [1.807, 2.05) is 38.6 Å². The first kappa shape index (κ1) is 21.8. The molecule has 0 unspecified atom stereocenters. The number of carbonyl (C=O) groups excluding carboxylic acids is 1. The van der Waals surface area contributed by atoms with Crippen LogP contribution < -0.4 is 5.73 Å². The summed E-state index contributed by atoms with van der Waals surface area (Å²) in [6, 6.07) is 0. The van der Waals surface area contributed by atoms with Gasteiger partial charge in [0.25, 0.3) is 0 Å². The molecule has 0 aliphatic rings. The third kappa shape index (κ3) is 6.86. The van der Waals surface area contributed by atoms with Gasteiger partial charge in [-0.1, -0.05) is 19.1 Å².